The number of fused-ring (bicyclic) bond motifs is 3. The van der Waals surface area contributed by atoms with E-state index in [1.54, 1.807) is 34.9 Å². The van der Waals surface area contributed by atoms with Crippen LogP contribution in [0.15, 0.2) is 105 Å². The van der Waals surface area contributed by atoms with E-state index in [2.05, 4.69) is 12.1 Å². The topological polar surface area (TPSA) is 90.6 Å². The van der Waals surface area contributed by atoms with Gasteiger partial charge >= 0.3 is 0 Å². The molecule has 3 aromatic carbocycles. The highest BCUT2D eigenvalue weighted by atomic mass is 35.5. The SMILES string of the molecule is O=c1/c(=C\c2ccc(-c3cccc([N+](=O)[O-])c3)o2)sc2n1[C@@H](c1ccc(Cl)cc1)C1=C(N=2)c2ccccc2CC1. The van der Waals surface area contributed by atoms with Gasteiger partial charge in [0.1, 0.15) is 11.5 Å². The Morgan fingerprint density at radius 3 is 2.67 bits per heavy atom. The number of rotatable bonds is 4. The van der Waals surface area contributed by atoms with Crippen molar-refractivity contribution in [1.29, 1.82) is 0 Å². The smallest absolute Gasteiger partial charge is 0.271 e. The van der Waals surface area contributed by atoms with Crippen molar-refractivity contribution in [1.82, 2.24) is 4.57 Å². The summed E-state index contributed by atoms with van der Waals surface area (Å²) in [5.41, 5.74) is 5.80. The highest BCUT2D eigenvalue weighted by molar-refractivity contribution is 7.07. The van der Waals surface area contributed by atoms with Crippen LogP contribution in [-0.4, -0.2) is 9.49 Å². The first-order valence-electron chi connectivity index (χ1n) is 12.7. The van der Waals surface area contributed by atoms with Crippen LogP contribution in [0.25, 0.3) is 23.1 Å². The number of allylic oxidation sites excluding steroid dienone is 1. The molecule has 1 atom stereocenters. The number of benzene rings is 3. The van der Waals surface area contributed by atoms with Gasteiger partial charge in [-0.15, -0.1) is 0 Å². The Morgan fingerprint density at radius 2 is 1.85 bits per heavy atom. The molecule has 1 aliphatic heterocycles. The number of furan rings is 1. The average Bonchev–Trinajstić information content (AvgIpc) is 3.57. The highest BCUT2D eigenvalue weighted by Crippen LogP contribution is 2.41. The van der Waals surface area contributed by atoms with Crippen molar-refractivity contribution < 1.29 is 9.34 Å². The van der Waals surface area contributed by atoms with E-state index in [-0.39, 0.29) is 17.3 Å². The lowest BCUT2D eigenvalue weighted by Gasteiger charge is -2.30. The largest absolute Gasteiger partial charge is 0.457 e. The number of hydrogen-bond acceptors (Lipinski definition) is 6. The number of halogens is 1. The molecule has 1 aliphatic carbocycles. The molecule has 2 aromatic heterocycles. The number of non-ortho nitro benzene ring substituents is 1. The van der Waals surface area contributed by atoms with Crippen molar-refractivity contribution >= 4 is 40.4 Å². The zero-order chi connectivity index (χ0) is 27.4. The van der Waals surface area contributed by atoms with Crippen molar-refractivity contribution in [2.45, 2.75) is 18.9 Å². The summed E-state index contributed by atoms with van der Waals surface area (Å²) in [5.74, 6) is 0.956. The Balaban J connectivity index is 1.37. The van der Waals surface area contributed by atoms with Crippen LogP contribution >= 0.6 is 22.9 Å². The Hall–Kier alpha value is -4.53. The zero-order valence-electron chi connectivity index (χ0n) is 20.9. The van der Waals surface area contributed by atoms with Crippen molar-refractivity contribution in [3.63, 3.8) is 0 Å². The molecule has 0 amide bonds. The third kappa shape index (κ3) is 4.13. The van der Waals surface area contributed by atoms with Gasteiger partial charge in [0.15, 0.2) is 4.80 Å². The van der Waals surface area contributed by atoms with Crippen LogP contribution in [-0.2, 0) is 6.42 Å². The Labute approximate surface area is 236 Å². The van der Waals surface area contributed by atoms with E-state index in [0.29, 0.717) is 31.4 Å². The van der Waals surface area contributed by atoms with Crippen molar-refractivity contribution in [2.75, 3.05) is 0 Å². The predicted molar refractivity (Wildman–Crippen MR) is 155 cm³/mol. The minimum Gasteiger partial charge on any atom is -0.457 e. The molecule has 0 saturated heterocycles. The fraction of sp³-hybridized carbons (Fsp3) is 0.0968. The van der Waals surface area contributed by atoms with Crippen molar-refractivity contribution in [3.05, 3.63) is 148 Å². The second kappa shape index (κ2) is 9.59. The van der Waals surface area contributed by atoms with E-state index in [4.69, 9.17) is 21.0 Å². The number of aromatic nitrogens is 1. The summed E-state index contributed by atoms with van der Waals surface area (Å²) in [6, 6.07) is 25.4. The van der Waals surface area contributed by atoms with Crippen LogP contribution < -0.4 is 14.9 Å². The maximum absolute atomic E-state index is 13.9. The van der Waals surface area contributed by atoms with E-state index in [0.717, 1.165) is 35.2 Å². The summed E-state index contributed by atoms with van der Waals surface area (Å²) in [4.78, 5) is 30.3. The molecule has 3 heterocycles. The molecule has 9 heteroatoms. The molecule has 2 aliphatic rings. The number of aryl methyl sites for hydroxylation is 1. The minimum absolute atomic E-state index is 0.0171. The van der Waals surface area contributed by atoms with Gasteiger partial charge in [-0.3, -0.25) is 19.5 Å². The molecule has 0 spiro atoms. The molecule has 7 nitrogen and oxygen atoms in total. The van der Waals surface area contributed by atoms with E-state index >= 15 is 0 Å². The van der Waals surface area contributed by atoms with E-state index in [9.17, 15) is 14.9 Å². The number of nitrogens with zero attached hydrogens (tertiary/aromatic N) is 3. The lowest BCUT2D eigenvalue weighted by molar-refractivity contribution is -0.384. The second-order valence-electron chi connectivity index (χ2n) is 9.67. The van der Waals surface area contributed by atoms with Gasteiger partial charge in [0.05, 0.1) is 21.2 Å². The van der Waals surface area contributed by atoms with Crippen LogP contribution in [0.5, 0.6) is 0 Å². The third-order valence-corrected chi connectivity index (χ3v) is 8.54. The van der Waals surface area contributed by atoms with Crippen LogP contribution in [0.2, 0.25) is 5.02 Å². The van der Waals surface area contributed by atoms with Crippen LogP contribution in [0, 0.1) is 10.1 Å². The van der Waals surface area contributed by atoms with Gasteiger partial charge < -0.3 is 4.42 Å². The van der Waals surface area contributed by atoms with Crippen LogP contribution in [0.3, 0.4) is 0 Å². The fourth-order valence-electron chi connectivity index (χ4n) is 5.45. The molecule has 0 N–H and O–H groups in total. The maximum atomic E-state index is 13.9. The molecule has 40 heavy (non-hydrogen) atoms. The fourth-order valence-corrected chi connectivity index (χ4v) is 6.56. The normalized spacial score (nSPS) is 16.2. The Kier molecular flexibility index (Phi) is 5.87. The van der Waals surface area contributed by atoms with Gasteiger partial charge in [0.2, 0.25) is 0 Å². The molecule has 0 saturated carbocycles. The summed E-state index contributed by atoms with van der Waals surface area (Å²) in [6.07, 6.45) is 3.39. The van der Waals surface area contributed by atoms with Crippen molar-refractivity contribution in [3.8, 4) is 11.3 Å². The quantitative estimate of drug-likeness (QED) is 0.193. The summed E-state index contributed by atoms with van der Waals surface area (Å²) >= 11 is 7.52. The maximum Gasteiger partial charge on any atom is 0.271 e. The number of hydrogen-bond donors (Lipinski definition) is 0. The van der Waals surface area contributed by atoms with Crippen LogP contribution in [0.1, 0.15) is 34.9 Å². The minimum atomic E-state index is -0.441. The number of thiazole rings is 1. The summed E-state index contributed by atoms with van der Waals surface area (Å²) < 4.78 is 8.25. The van der Waals surface area contributed by atoms with Gasteiger partial charge in [-0.2, -0.15) is 0 Å². The monoisotopic (exact) mass is 565 g/mol. The predicted octanol–water partition coefficient (Wildman–Crippen LogP) is 6.14. The van der Waals surface area contributed by atoms with Gasteiger partial charge in [0, 0.05) is 34.4 Å². The Bertz CT molecular complexity index is 2040. The van der Waals surface area contributed by atoms with Gasteiger partial charge in [0.25, 0.3) is 11.2 Å². The molecular weight excluding hydrogens is 546 g/mol. The number of nitro benzene ring substituents is 1. The summed E-state index contributed by atoms with van der Waals surface area (Å²) in [7, 11) is 0. The van der Waals surface area contributed by atoms with E-state index < -0.39 is 4.92 Å². The lowest BCUT2D eigenvalue weighted by Crippen LogP contribution is -2.38. The first kappa shape index (κ1) is 24.5. The molecule has 0 fully saturated rings. The molecule has 5 aromatic rings. The molecule has 0 unspecified atom stereocenters. The summed E-state index contributed by atoms with van der Waals surface area (Å²) in [6.45, 7) is 0. The molecule has 7 rings (SSSR count). The highest BCUT2D eigenvalue weighted by Gasteiger charge is 2.32. The average molecular weight is 566 g/mol. The second-order valence-corrected chi connectivity index (χ2v) is 11.1. The standard InChI is InChI=1S/C31H20ClN3O4S/c32-21-11-8-19(9-12-21)29-25-14-10-18-4-1-2-7-24(18)28(25)33-31-34(29)30(36)27(40-31)17-23-13-15-26(39-23)20-5-3-6-22(16-20)35(37)38/h1-9,11-13,15-17,29H,10,14H2/b27-17+/t29-/m0/s1. The van der Waals surface area contributed by atoms with Crippen LogP contribution in [0.4, 0.5) is 5.69 Å². The third-order valence-electron chi connectivity index (χ3n) is 7.30. The zero-order valence-corrected chi connectivity index (χ0v) is 22.5. The molecule has 196 valence electrons. The molecule has 0 bridgehead atoms. The molecule has 0 radical (unpaired) electrons. The van der Waals surface area contributed by atoms with Gasteiger partial charge in [-0.05, 0) is 53.8 Å². The molecular formula is C31H20ClN3O4S. The summed E-state index contributed by atoms with van der Waals surface area (Å²) in [5, 5.41) is 11.8. The first-order valence-corrected chi connectivity index (χ1v) is 13.9. The van der Waals surface area contributed by atoms with E-state index in [1.807, 2.05) is 36.4 Å². The lowest BCUT2D eigenvalue weighted by atomic mass is 9.83. The van der Waals surface area contributed by atoms with Gasteiger partial charge in [-0.1, -0.05) is 71.5 Å². The van der Waals surface area contributed by atoms with Crippen molar-refractivity contribution in [2.24, 2.45) is 4.99 Å². The van der Waals surface area contributed by atoms with E-state index in [1.165, 1.54) is 29.0 Å². The van der Waals surface area contributed by atoms with Gasteiger partial charge in [-0.25, -0.2) is 4.99 Å². The number of nitro groups is 1. The Morgan fingerprint density at radius 1 is 1.02 bits per heavy atom. The first-order chi connectivity index (χ1) is 19.5.